The molecule has 1 unspecified atom stereocenters. The van der Waals surface area contributed by atoms with E-state index < -0.39 is 155 Å². The number of hydrogen-bond acceptors (Lipinski definition) is 12. The summed E-state index contributed by atoms with van der Waals surface area (Å²) in [5, 5.41) is 23.2. The highest BCUT2D eigenvalue weighted by Gasteiger charge is 2.46. The second kappa shape index (κ2) is 35.6. The fraction of sp³-hybridized carbons (Fsp3) is 0.766. The van der Waals surface area contributed by atoms with E-state index in [1.807, 2.05) is 48.5 Å². The van der Waals surface area contributed by atoms with Crippen molar-refractivity contribution in [2.75, 3.05) is 49.3 Å². The number of allylic oxidation sites excluding steroid dienone is 2. The van der Waals surface area contributed by atoms with Crippen molar-refractivity contribution >= 4 is 65.0 Å². The number of nitrogens with zero attached hydrogens (tertiary/aromatic N) is 7. The Labute approximate surface area is 520 Å². The van der Waals surface area contributed by atoms with E-state index in [-0.39, 0.29) is 55.6 Å². The van der Waals surface area contributed by atoms with Gasteiger partial charge in [-0.25, -0.2) is 0 Å². The molecule has 1 aliphatic rings. The van der Waals surface area contributed by atoms with E-state index in [0.717, 1.165) is 14.7 Å². The van der Waals surface area contributed by atoms with Gasteiger partial charge in [-0.3, -0.25) is 52.7 Å². The fourth-order valence-corrected chi connectivity index (χ4v) is 11.0. The predicted molar refractivity (Wildman–Crippen MR) is 337 cm³/mol. The predicted octanol–water partition coefficient (Wildman–Crippen LogP) is 4.17. The summed E-state index contributed by atoms with van der Waals surface area (Å²) in [5.74, 6) is -10.1. The fourth-order valence-electron chi connectivity index (χ4n) is 11.0. The third kappa shape index (κ3) is 21.4. The van der Waals surface area contributed by atoms with Gasteiger partial charge in [0.05, 0.1) is 6.10 Å². The number of hydrogen-bond donors (Lipinski definition) is 5. The number of rotatable bonds is 15. The molecule has 23 heteroatoms. The highest BCUT2D eigenvalue weighted by atomic mass is 16.3. The van der Waals surface area contributed by atoms with Crippen LogP contribution >= 0.6 is 0 Å². The average molecular weight is 1230 g/mol. The number of aliphatic hydroxyl groups excluding tert-OH is 1. The molecule has 1 rings (SSSR count). The van der Waals surface area contributed by atoms with E-state index in [4.69, 9.17) is 0 Å². The standard InChI is InChI=1S/C64H113N11O12/c1-26-29-30-41(15)54(77)53-58(81)67-45(28-3)60(83)69(19)44(18)59(82)74(24)52(40(14)27-2)57(80)68-50(38(10)11)63(86)71(21)46(31-35(4)5)56(79)66-43(17)55(78)65-42(16)34-49(76)70(20)47(32-36(6)7)61(84)72(22)48(33-37(8)9)62(85)73(23)51(39(12)13)64(87)75(53)25/h26,29,35-43,45-48,50-54,77H,18,27-28,30-34H2,1-17,19-25H3,(H,65,78)(H,66,79)(H,67,81)(H,68,80)/b29-26+/t40?,41-,42-,43+,45+,46+,47+,48+,50+,51+,52+,53+,54-/m1/s1. The Balaban J connectivity index is 4.34. The number of nitrogens with one attached hydrogen (secondary N) is 4. The molecule has 0 aromatic heterocycles. The lowest BCUT2D eigenvalue weighted by molar-refractivity contribution is -0.157. The molecule has 1 fully saturated rings. The van der Waals surface area contributed by atoms with Gasteiger partial charge in [-0.15, -0.1) is 0 Å². The lowest BCUT2D eigenvalue weighted by Crippen LogP contribution is -2.63. The van der Waals surface area contributed by atoms with Crippen LogP contribution in [0, 0.1) is 41.4 Å². The van der Waals surface area contributed by atoms with Gasteiger partial charge in [-0.2, -0.15) is 0 Å². The van der Waals surface area contributed by atoms with Gasteiger partial charge in [-0.05, 0) is 94.3 Å². The first-order chi connectivity index (χ1) is 40.2. The lowest BCUT2D eigenvalue weighted by Gasteiger charge is -2.41. The van der Waals surface area contributed by atoms with E-state index in [0.29, 0.717) is 12.8 Å². The summed E-state index contributed by atoms with van der Waals surface area (Å²) in [6, 6.07) is -11.9. The maximum Gasteiger partial charge on any atom is 0.270 e. The van der Waals surface area contributed by atoms with Crippen molar-refractivity contribution in [3.05, 3.63) is 24.4 Å². The quantitative estimate of drug-likeness (QED) is 0.114. The molecule has 5 N–H and O–H groups in total. The molecular weight excluding hydrogens is 1110 g/mol. The van der Waals surface area contributed by atoms with Crippen LogP contribution in [0.2, 0.25) is 0 Å². The smallest absolute Gasteiger partial charge is 0.270 e. The van der Waals surface area contributed by atoms with E-state index in [2.05, 4.69) is 27.8 Å². The summed E-state index contributed by atoms with van der Waals surface area (Å²) in [4.78, 5) is 169. The normalized spacial score (nSPS) is 27.0. The minimum absolute atomic E-state index is 0.0255. The summed E-state index contributed by atoms with van der Waals surface area (Å²) in [7, 11) is 9.86. The van der Waals surface area contributed by atoms with Crippen molar-refractivity contribution in [3.63, 3.8) is 0 Å². The molecule has 0 aliphatic carbocycles. The maximum absolute atomic E-state index is 15.2. The first-order valence-electron chi connectivity index (χ1n) is 31.2. The van der Waals surface area contributed by atoms with Crippen LogP contribution in [-0.2, 0) is 52.7 Å². The zero-order chi connectivity index (χ0) is 67.6. The molecule has 0 radical (unpaired) electrons. The zero-order valence-corrected chi connectivity index (χ0v) is 57.3. The minimum Gasteiger partial charge on any atom is -0.390 e. The van der Waals surface area contributed by atoms with Crippen molar-refractivity contribution in [2.45, 2.75) is 229 Å². The SMILES string of the molecule is C=C1C(=O)N(C)[C@@H](C(C)CC)C(=O)N[C@@H](C(C)C)C(=O)N(C)[C@@H](CC(C)C)C(=O)N[C@@H](C)C(=O)N[C@H](C)CC(=O)N(C)[C@@H](CC(C)C)C(=O)N(C)[C@@H](CC(C)C)C(=O)N(C)[C@@H](C(C)C)C(=O)N(C)[C@@H]([C@H](O)[C@H](C)C/C=C/C)C(=O)N[C@@H](CC)C(=O)N1C. The number of likely N-dealkylation sites (N-methyl/N-ethyl adjacent to an activating group) is 7. The summed E-state index contributed by atoms with van der Waals surface area (Å²) in [6.45, 7) is 33.9. The minimum atomic E-state index is -1.64. The largest absolute Gasteiger partial charge is 0.390 e. The number of carbonyl (C=O) groups excluding carboxylic acids is 11. The number of aliphatic hydroxyl groups is 1. The first-order valence-corrected chi connectivity index (χ1v) is 31.2. The summed E-state index contributed by atoms with van der Waals surface area (Å²) < 4.78 is 0. The van der Waals surface area contributed by atoms with Crippen LogP contribution in [0.25, 0.3) is 0 Å². The molecule has 0 saturated carbocycles. The second-order valence-electron chi connectivity index (χ2n) is 26.3. The summed E-state index contributed by atoms with van der Waals surface area (Å²) in [5.41, 5.74) is -0.361. The molecular formula is C64H113N11O12. The molecule has 13 atom stereocenters. The van der Waals surface area contributed by atoms with Gasteiger partial charge in [0.1, 0.15) is 60.1 Å². The molecule has 496 valence electrons. The van der Waals surface area contributed by atoms with Gasteiger partial charge in [0.2, 0.25) is 59.1 Å². The number of carbonyl (C=O) groups is 11. The lowest BCUT2D eigenvalue weighted by atomic mass is 9.91. The van der Waals surface area contributed by atoms with E-state index in [9.17, 15) is 48.3 Å². The van der Waals surface area contributed by atoms with Crippen LogP contribution in [0.5, 0.6) is 0 Å². The van der Waals surface area contributed by atoms with Gasteiger partial charge in [0.15, 0.2) is 0 Å². The number of amides is 11. The highest BCUT2D eigenvalue weighted by Crippen LogP contribution is 2.26. The highest BCUT2D eigenvalue weighted by molar-refractivity contribution is 6.02. The Hall–Kier alpha value is -6.39. The molecule has 1 heterocycles. The molecule has 1 saturated heterocycles. The third-order valence-electron chi connectivity index (χ3n) is 16.8. The third-order valence-corrected chi connectivity index (χ3v) is 16.8. The Bertz CT molecular complexity index is 2430. The Morgan fingerprint density at radius 1 is 0.529 bits per heavy atom. The molecule has 23 nitrogen and oxygen atoms in total. The van der Waals surface area contributed by atoms with Gasteiger partial charge >= 0.3 is 0 Å². The van der Waals surface area contributed by atoms with Crippen LogP contribution in [0.1, 0.15) is 163 Å². The Morgan fingerprint density at radius 2 is 1.00 bits per heavy atom. The van der Waals surface area contributed by atoms with E-state index >= 15 is 9.59 Å². The van der Waals surface area contributed by atoms with Crippen LogP contribution in [0.3, 0.4) is 0 Å². The maximum atomic E-state index is 15.2. The molecule has 87 heavy (non-hydrogen) atoms. The van der Waals surface area contributed by atoms with Crippen LogP contribution in [0.15, 0.2) is 24.4 Å². The van der Waals surface area contributed by atoms with Crippen molar-refractivity contribution in [3.8, 4) is 0 Å². The van der Waals surface area contributed by atoms with Crippen molar-refractivity contribution in [2.24, 2.45) is 41.4 Å². The van der Waals surface area contributed by atoms with Gasteiger partial charge in [0.25, 0.3) is 5.91 Å². The first kappa shape index (κ1) is 78.6. The average Bonchev–Trinajstić information content (AvgIpc) is 1.24. The topological polar surface area (TPSA) is 279 Å². The van der Waals surface area contributed by atoms with Crippen LogP contribution in [0.4, 0.5) is 0 Å². The van der Waals surface area contributed by atoms with Crippen molar-refractivity contribution in [1.29, 1.82) is 0 Å². The van der Waals surface area contributed by atoms with Gasteiger partial charge in [-0.1, -0.05) is 122 Å². The van der Waals surface area contributed by atoms with Gasteiger partial charge in [0, 0.05) is 61.8 Å². The van der Waals surface area contributed by atoms with Crippen molar-refractivity contribution < 1.29 is 57.8 Å². The van der Waals surface area contributed by atoms with E-state index in [1.54, 1.807) is 74.5 Å². The second-order valence-corrected chi connectivity index (χ2v) is 26.3. The molecule has 0 spiro atoms. The molecule has 0 aromatic carbocycles. The molecule has 11 amide bonds. The Morgan fingerprint density at radius 3 is 1.47 bits per heavy atom. The monoisotopic (exact) mass is 1230 g/mol. The van der Waals surface area contributed by atoms with Gasteiger partial charge < -0.3 is 60.7 Å². The molecule has 0 bridgehead atoms. The Kier molecular flexibility index (Phi) is 32.1. The van der Waals surface area contributed by atoms with Crippen LogP contribution in [-0.4, -0.2) is 220 Å². The summed E-state index contributed by atoms with van der Waals surface area (Å²) >= 11 is 0. The summed E-state index contributed by atoms with van der Waals surface area (Å²) in [6.07, 6.45) is 3.00. The van der Waals surface area contributed by atoms with Crippen molar-refractivity contribution in [1.82, 2.24) is 55.6 Å². The molecule has 0 aromatic rings. The zero-order valence-electron chi connectivity index (χ0n) is 57.3. The van der Waals surface area contributed by atoms with E-state index in [1.165, 1.54) is 75.9 Å². The van der Waals surface area contributed by atoms with Crippen LogP contribution < -0.4 is 21.3 Å². The molecule has 1 aliphatic heterocycles.